The summed E-state index contributed by atoms with van der Waals surface area (Å²) in [7, 11) is 0. The third kappa shape index (κ3) is 7.68. The van der Waals surface area contributed by atoms with Gasteiger partial charge in [-0.25, -0.2) is 0 Å². The molecule has 18 heavy (non-hydrogen) atoms. The molecule has 0 aliphatic carbocycles. The Morgan fingerprint density at radius 3 is 2.22 bits per heavy atom. The van der Waals surface area contributed by atoms with E-state index >= 15 is 0 Å². The third-order valence-corrected chi connectivity index (χ3v) is 2.84. The summed E-state index contributed by atoms with van der Waals surface area (Å²) in [6.45, 7) is 4.59. The number of ether oxygens (including phenoxy) is 2. The van der Waals surface area contributed by atoms with Crippen molar-refractivity contribution in [3.63, 3.8) is 0 Å². The lowest BCUT2D eigenvalue weighted by molar-refractivity contribution is 0.0264. The van der Waals surface area contributed by atoms with Gasteiger partial charge >= 0.3 is 0 Å². The van der Waals surface area contributed by atoms with Crippen LogP contribution in [0.2, 0.25) is 0 Å². The minimum absolute atomic E-state index is 0.0519. The van der Waals surface area contributed by atoms with Gasteiger partial charge in [0, 0.05) is 16.9 Å². The van der Waals surface area contributed by atoms with Crippen molar-refractivity contribution in [3.05, 3.63) is 29.8 Å². The van der Waals surface area contributed by atoms with Crippen LogP contribution < -0.4 is 0 Å². The van der Waals surface area contributed by atoms with Crippen molar-refractivity contribution >= 4 is 12.0 Å². The van der Waals surface area contributed by atoms with Crippen molar-refractivity contribution in [2.45, 2.75) is 11.8 Å². The van der Waals surface area contributed by atoms with Crippen molar-refractivity contribution in [1.29, 1.82) is 0 Å². The first-order valence-electron chi connectivity index (χ1n) is 5.95. The van der Waals surface area contributed by atoms with E-state index in [1.54, 1.807) is 0 Å². The molecule has 5 heteroatoms. The van der Waals surface area contributed by atoms with Crippen LogP contribution in [0.1, 0.15) is 5.56 Å². The maximum Gasteiger partial charge on any atom is 0.0852 e. The standard InChI is InChI=1S/C13H20O4S/c1-12-2-4-13(5-3-12)18-17-11-10-16-9-8-15-7-6-14/h2-5,14H,6-11H2,1H3. The maximum atomic E-state index is 8.48. The van der Waals surface area contributed by atoms with Crippen molar-refractivity contribution in [3.8, 4) is 0 Å². The predicted octanol–water partition coefficient (Wildman–Crippen LogP) is 2.04. The van der Waals surface area contributed by atoms with E-state index in [2.05, 4.69) is 19.1 Å². The van der Waals surface area contributed by atoms with Gasteiger partial charge in [0.05, 0.1) is 39.6 Å². The number of hydrogen-bond acceptors (Lipinski definition) is 5. The zero-order valence-corrected chi connectivity index (χ0v) is 11.4. The van der Waals surface area contributed by atoms with E-state index in [0.29, 0.717) is 33.0 Å². The first kappa shape index (κ1) is 15.5. The topological polar surface area (TPSA) is 47.9 Å². The highest BCUT2D eigenvalue weighted by atomic mass is 32.2. The monoisotopic (exact) mass is 272 g/mol. The number of rotatable bonds is 10. The molecule has 1 aromatic carbocycles. The number of aliphatic hydroxyl groups excluding tert-OH is 1. The quantitative estimate of drug-likeness (QED) is 0.522. The first-order valence-corrected chi connectivity index (χ1v) is 6.69. The molecule has 0 atom stereocenters. The van der Waals surface area contributed by atoms with E-state index < -0.39 is 0 Å². The van der Waals surface area contributed by atoms with Crippen LogP contribution in [0, 0.1) is 6.92 Å². The highest BCUT2D eigenvalue weighted by Gasteiger charge is 1.95. The van der Waals surface area contributed by atoms with Crippen LogP contribution in [-0.4, -0.2) is 44.7 Å². The molecule has 0 saturated carbocycles. The van der Waals surface area contributed by atoms with Gasteiger partial charge in [-0.2, -0.15) is 0 Å². The van der Waals surface area contributed by atoms with Gasteiger partial charge in [-0.15, -0.1) is 0 Å². The lowest BCUT2D eigenvalue weighted by atomic mass is 10.2. The Bertz CT molecular complexity index is 302. The van der Waals surface area contributed by atoms with Crippen molar-refractivity contribution < 1.29 is 18.8 Å². The maximum absolute atomic E-state index is 8.48. The van der Waals surface area contributed by atoms with Gasteiger partial charge in [-0.3, -0.25) is 0 Å². The number of hydrogen-bond donors (Lipinski definition) is 1. The Balaban J connectivity index is 1.91. The summed E-state index contributed by atoms with van der Waals surface area (Å²) in [6.07, 6.45) is 0. The fraction of sp³-hybridized carbons (Fsp3) is 0.538. The zero-order valence-electron chi connectivity index (χ0n) is 10.6. The molecule has 0 unspecified atom stereocenters. The molecule has 1 N–H and O–H groups in total. The van der Waals surface area contributed by atoms with Crippen LogP contribution in [0.4, 0.5) is 0 Å². The molecule has 0 heterocycles. The fourth-order valence-corrected chi connectivity index (χ4v) is 1.72. The van der Waals surface area contributed by atoms with Gasteiger partial charge in [-0.1, -0.05) is 17.7 Å². The molecule has 0 saturated heterocycles. The van der Waals surface area contributed by atoms with Crippen molar-refractivity contribution in [1.82, 2.24) is 0 Å². The van der Waals surface area contributed by atoms with Crippen LogP contribution in [0.25, 0.3) is 0 Å². The highest BCUT2D eigenvalue weighted by molar-refractivity contribution is 7.94. The van der Waals surface area contributed by atoms with E-state index in [9.17, 15) is 0 Å². The number of aryl methyl sites for hydroxylation is 1. The molecular weight excluding hydrogens is 252 g/mol. The van der Waals surface area contributed by atoms with Gasteiger partial charge in [0.25, 0.3) is 0 Å². The normalized spacial score (nSPS) is 10.8. The Labute approximate surface area is 112 Å². The van der Waals surface area contributed by atoms with Crippen LogP contribution in [0.5, 0.6) is 0 Å². The van der Waals surface area contributed by atoms with E-state index in [1.165, 1.54) is 17.6 Å². The number of aliphatic hydroxyl groups is 1. The lowest BCUT2D eigenvalue weighted by Gasteiger charge is -2.05. The SMILES string of the molecule is Cc1ccc(SOCCOCCOCCO)cc1. The lowest BCUT2D eigenvalue weighted by Crippen LogP contribution is -2.09. The van der Waals surface area contributed by atoms with Crippen molar-refractivity contribution in [2.75, 3.05) is 39.6 Å². The molecule has 1 aromatic rings. The molecule has 0 aliphatic rings. The second-order valence-electron chi connectivity index (χ2n) is 3.67. The largest absolute Gasteiger partial charge is 0.394 e. The highest BCUT2D eigenvalue weighted by Crippen LogP contribution is 2.18. The van der Waals surface area contributed by atoms with Crippen LogP contribution >= 0.6 is 12.0 Å². The second kappa shape index (κ2) is 10.3. The van der Waals surface area contributed by atoms with Crippen LogP contribution in [0.3, 0.4) is 0 Å². The van der Waals surface area contributed by atoms with Gasteiger partial charge in [-0.05, 0) is 19.1 Å². The minimum Gasteiger partial charge on any atom is -0.394 e. The Morgan fingerprint density at radius 2 is 1.56 bits per heavy atom. The van der Waals surface area contributed by atoms with E-state index in [1.807, 2.05) is 12.1 Å². The van der Waals surface area contributed by atoms with Gasteiger partial charge in [0.1, 0.15) is 0 Å². The average molecular weight is 272 g/mol. The van der Waals surface area contributed by atoms with Gasteiger partial charge in [0.15, 0.2) is 0 Å². The Morgan fingerprint density at radius 1 is 0.944 bits per heavy atom. The third-order valence-electron chi connectivity index (χ3n) is 2.09. The average Bonchev–Trinajstić information content (AvgIpc) is 2.39. The number of benzene rings is 1. The summed E-state index contributed by atoms with van der Waals surface area (Å²) in [6, 6.07) is 8.18. The molecule has 0 bridgehead atoms. The van der Waals surface area contributed by atoms with Crippen LogP contribution in [0.15, 0.2) is 29.2 Å². The van der Waals surface area contributed by atoms with E-state index in [4.69, 9.17) is 18.8 Å². The molecule has 0 aromatic heterocycles. The molecule has 0 spiro atoms. The Kier molecular flexibility index (Phi) is 8.89. The molecule has 4 nitrogen and oxygen atoms in total. The van der Waals surface area contributed by atoms with Gasteiger partial charge in [0.2, 0.25) is 0 Å². The molecule has 0 amide bonds. The summed E-state index contributed by atoms with van der Waals surface area (Å²) < 4.78 is 15.7. The minimum atomic E-state index is 0.0519. The molecule has 102 valence electrons. The Hall–Kier alpha value is -0.590. The molecule has 1 rings (SSSR count). The summed E-state index contributed by atoms with van der Waals surface area (Å²) >= 11 is 1.36. The summed E-state index contributed by atoms with van der Waals surface area (Å²) in [5.74, 6) is 0. The first-order chi connectivity index (χ1) is 8.83. The summed E-state index contributed by atoms with van der Waals surface area (Å²) in [5.41, 5.74) is 1.24. The molecule has 0 radical (unpaired) electrons. The summed E-state index contributed by atoms with van der Waals surface area (Å²) in [5, 5.41) is 8.48. The van der Waals surface area contributed by atoms with Gasteiger partial charge < -0.3 is 18.8 Å². The molecule has 0 fully saturated rings. The van der Waals surface area contributed by atoms with E-state index in [0.717, 1.165) is 4.90 Å². The zero-order chi connectivity index (χ0) is 13.1. The molecular formula is C13H20O4S. The van der Waals surface area contributed by atoms with Crippen molar-refractivity contribution in [2.24, 2.45) is 0 Å². The summed E-state index contributed by atoms with van der Waals surface area (Å²) in [4.78, 5) is 1.09. The van der Waals surface area contributed by atoms with Crippen LogP contribution in [-0.2, 0) is 13.7 Å². The fourth-order valence-electron chi connectivity index (χ4n) is 1.18. The van der Waals surface area contributed by atoms with E-state index in [-0.39, 0.29) is 6.61 Å². The smallest absolute Gasteiger partial charge is 0.0852 e. The second-order valence-corrected chi connectivity index (χ2v) is 4.54. The molecule has 0 aliphatic heterocycles. The predicted molar refractivity (Wildman–Crippen MR) is 71.7 cm³/mol.